The van der Waals surface area contributed by atoms with E-state index in [1.807, 2.05) is 18.2 Å². The van der Waals surface area contributed by atoms with Gasteiger partial charge in [0.25, 0.3) is 0 Å². The Morgan fingerprint density at radius 2 is 1.96 bits per heavy atom. The van der Waals surface area contributed by atoms with E-state index in [1.165, 1.54) is 5.69 Å². The van der Waals surface area contributed by atoms with E-state index < -0.39 is 0 Å². The number of para-hydroxylation sites is 1. The van der Waals surface area contributed by atoms with Crippen molar-refractivity contribution in [3.8, 4) is 5.69 Å². The van der Waals surface area contributed by atoms with Crippen LogP contribution in [0.15, 0.2) is 24.3 Å². The van der Waals surface area contributed by atoms with Gasteiger partial charge >= 0.3 is 0 Å². The van der Waals surface area contributed by atoms with E-state index in [4.69, 9.17) is 16.6 Å². The van der Waals surface area contributed by atoms with Crippen LogP contribution in [0.1, 0.15) is 5.69 Å². The zero-order valence-corrected chi connectivity index (χ0v) is 14.0. The van der Waals surface area contributed by atoms with E-state index in [0.29, 0.717) is 0 Å². The van der Waals surface area contributed by atoms with Crippen molar-refractivity contribution in [2.75, 3.05) is 50.1 Å². The largest absolute Gasteiger partial charge is 0.356 e. The van der Waals surface area contributed by atoms with Crippen LogP contribution in [0.3, 0.4) is 0 Å². The molecule has 2 aliphatic rings. The lowest BCUT2D eigenvalue weighted by molar-refractivity contribution is 0.333. The van der Waals surface area contributed by atoms with Crippen molar-refractivity contribution in [3.63, 3.8) is 0 Å². The summed E-state index contributed by atoms with van der Waals surface area (Å²) < 4.78 is 2.21. The predicted molar refractivity (Wildman–Crippen MR) is 93.6 cm³/mol. The monoisotopic (exact) mass is 332 g/mol. The molecule has 0 saturated carbocycles. The molecule has 0 spiro atoms. The summed E-state index contributed by atoms with van der Waals surface area (Å²) in [6.07, 6.45) is 0. The molecule has 23 heavy (non-hydrogen) atoms. The molecule has 2 aliphatic heterocycles. The molecule has 2 aromatic rings. The van der Waals surface area contributed by atoms with Crippen LogP contribution in [0.4, 0.5) is 11.8 Å². The minimum atomic E-state index is 0.748. The number of imidazole rings is 1. The first-order valence-corrected chi connectivity index (χ1v) is 8.36. The number of aromatic nitrogens is 2. The molecular formula is C16H21ClN6. The van der Waals surface area contributed by atoms with Crippen LogP contribution < -0.4 is 15.5 Å². The Balaban J connectivity index is 1.87. The summed E-state index contributed by atoms with van der Waals surface area (Å²) in [5, 5.41) is 7.55. The van der Waals surface area contributed by atoms with Crippen LogP contribution in [-0.4, -0.2) is 54.3 Å². The number of hydrogen-bond acceptors (Lipinski definition) is 5. The maximum Gasteiger partial charge on any atom is 0.212 e. The number of nitrogens with zero attached hydrogens (tertiary/aromatic N) is 4. The highest BCUT2D eigenvalue weighted by molar-refractivity contribution is 6.32. The normalized spacial score (nSPS) is 18.6. The molecule has 2 N–H and O–H groups in total. The second-order valence-corrected chi connectivity index (χ2v) is 6.49. The van der Waals surface area contributed by atoms with Crippen molar-refractivity contribution in [2.24, 2.45) is 0 Å². The lowest BCUT2D eigenvalue weighted by Crippen LogP contribution is -2.44. The van der Waals surface area contributed by atoms with Crippen molar-refractivity contribution in [1.82, 2.24) is 19.8 Å². The van der Waals surface area contributed by atoms with Gasteiger partial charge in [-0.15, -0.1) is 0 Å². The quantitative estimate of drug-likeness (QED) is 0.877. The number of rotatable bonds is 2. The Morgan fingerprint density at radius 3 is 2.74 bits per heavy atom. The van der Waals surface area contributed by atoms with Gasteiger partial charge in [-0.2, -0.15) is 4.98 Å². The van der Waals surface area contributed by atoms with Crippen LogP contribution in [0.5, 0.6) is 0 Å². The van der Waals surface area contributed by atoms with Gasteiger partial charge in [-0.1, -0.05) is 23.7 Å². The van der Waals surface area contributed by atoms with Gasteiger partial charge in [-0.25, -0.2) is 0 Å². The summed E-state index contributed by atoms with van der Waals surface area (Å²) in [6.45, 7) is 5.54. The van der Waals surface area contributed by atoms with E-state index in [9.17, 15) is 0 Å². The van der Waals surface area contributed by atoms with Crippen molar-refractivity contribution in [2.45, 2.75) is 6.54 Å². The average Bonchev–Trinajstić information content (AvgIpc) is 2.94. The third-order valence-electron chi connectivity index (χ3n) is 4.38. The number of anilines is 2. The van der Waals surface area contributed by atoms with Crippen molar-refractivity contribution >= 4 is 23.4 Å². The molecule has 6 nitrogen and oxygen atoms in total. The average molecular weight is 333 g/mol. The Labute approximate surface area is 141 Å². The first kappa shape index (κ1) is 14.8. The molecule has 0 atom stereocenters. The second-order valence-electron chi connectivity index (χ2n) is 6.08. The number of halogens is 1. The number of nitrogens with one attached hydrogen (secondary N) is 2. The molecule has 7 heteroatoms. The zero-order valence-electron chi connectivity index (χ0n) is 13.2. The van der Waals surface area contributed by atoms with Crippen molar-refractivity contribution in [1.29, 1.82) is 0 Å². The van der Waals surface area contributed by atoms with Crippen molar-refractivity contribution < 1.29 is 0 Å². The van der Waals surface area contributed by atoms with E-state index in [0.717, 1.165) is 61.9 Å². The first-order chi connectivity index (χ1) is 11.2. The standard InChI is InChI=1S/C16H21ClN6/c1-21-10-14-15(19-11-21)20-16(22-8-6-18-7-9-22)23(14)13-5-3-2-4-12(13)17/h2-5,18-19H,6-11H2,1H3. The molecule has 0 aliphatic carbocycles. The fourth-order valence-electron chi connectivity index (χ4n) is 3.21. The summed E-state index contributed by atoms with van der Waals surface area (Å²) in [6, 6.07) is 7.98. The van der Waals surface area contributed by atoms with Crippen LogP contribution >= 0.6 is 11.6 Å². The Morgan fingerprint density at radius 1 is 1.17 bits per heavy atom. The van der Waals surface area contributed by atoms with Gasteiger partial charge in [-0.05, 0) is 19.2 Å². The van der Waals surface area contributed by atoms with Gasteiger partial charge in [0.05, 0.1) is 23.1 Å². The molecule has 1 saturated heterocycles. The molecule has 1 aromatic carbocycles. The highest BCUT2D eigenvalue weighted by atomic mass is 35.5. The number of hydrogen-bond donors (Lipinski definition) is 2. The molecule has 4 rings (SSSR count). The maximum absolute atomic E-state index is 6.49. The molecule has 1 aromatic heterocycles. The Bertz CT molecular complexity index is 707. The lowest BCUT2D eigenvalue weighted by atomic mass is 10.2. The number of benzene rings is 1. The Hall–Kier alpha value is -1.76. The zero-order chi connectivity index (χ0) is 15.8. The molecule has 122 valence electrons. The summed E-state index contributed by atoms with van der Waals surface area (Å²) in [7, 11) is 2.10. The minimum absolute atomic E-state index is 0.748. The van der Waals surface area contributed by atoms with E-state index in [1.54, 1.807) is 0 Å². The molecule has 0 bridgehead atoms. The fraction of sp³-hybridized carbons (Fsp3) is 0.438. The van der Waals surface area contributed by atoms with E-state index in [2.05, 4.69) is 38.1 Å². The molecular weight excluding hydrogens is 312 g/mol. The number of piperazine rings is 1. The van der Waals surface area contributed by atoms with Gasteiger partial charge in [0, 0.05) is 32.7 Å². The van der Waals surface area contributed by atoms with Crippen molar-refractivity contribution in [3.05, 3.63) is 35.0 Å². The number of fused-ring (bicyclic) bond motifs is 1. The summed E-state index contributed by atoms with van der Waals surface area (Å²) in [5.74, 6) is 1.95. The van der Waals surface area contributed by atoms with E-state index >= 15 is 0 Å². The smallest absolute Gasteiger partial charge is 0.212 e. The van der Waals surface area contributed by atoms with Gasteiger partial charge in [-0.3, -0.25) is 9.47 Å². The summed E-state index contributed by atoms with van der Waals surface area (Å²) in [4.78, 5) is 9.46. The highest BCUT2D eigenvalue weighted by Crippen LogP contribution is 2.33. The van der Waals surface area contributed by atoms with Gasteiger partial charge < -0.3 is 15.5 Å². The van der Waals surface area contributed by atoms with Gasteiger partial charge in [0.15, 0.2) is 5.82 Å². The van der Waals surface area contributed by atoms with Gasteiger partial charge in [0.1, 0.15) is 0 Å². The van der Waals surface area contributed by atoms with Crippen LogP contribution in [0, 0.1) is 0 Å². The first-order valence-electron chi connectivity index (χ1n) is 7.98. The summed E-state index contributed by atoms with van der Waals surface area (Å²) >= 11 is 6.49. The third-order valence-corrected chi connectivity index (χ3v) is 4.70. The molecule has 0 radical (unpaired) electrons. The highest BCUT2D eigenvalue weighted by Gasteiger charge is 2.27. The van der Waals surface area contributed by atoms with Crippen LogP contribution in [0.25, 0.3) is 5.69 Å². The van der Waals surface area contributed by atoms with E-state index in [-0.39, 0.29) is 0 Å². The molecule has 0 unspecified atom stereocenters. The Kier molecular flexibility index (Phi) is 3.88. The molecule has 0 amide bonds. The third kappa shape index (κ3) is 2.67. The maximum atomic E-state index is 6.49. The fourth-order valence-corrected chi connectivity index (χ4v) is 3.43. The SMILES string of the molecule is CN1CNc2nc(N3CCNCC3)n(-c3ccccc3Cl)c2C1. The summed E-state index contributed by atoms with van der Waals surface area (Å²) in [5.41, 5.74) is 2.16. The van der Waals surface area contributed by atoms with Crippen LogP contribution in [-0.2, 0) is 6.54 Å². The molecule has 1 fully saturated rings. The predicted octanol–water partition coefficient (Wildman–Crippen LogP) is 1.75. The topological polar surface area (TPSA) is 48.4 Å². The van der Waals surface area contributed by atoms with Crippen LogP contribution in [0.2, 0.25) is 5.02 Å². The second kappa shape index (κ2) is 6.03. The minimum Gasteiger partial charge on any atom is -0.356 e. The van der Waals surface area contributed by atoms with Gasteiger partial charge in [0.2, 0.25) is 5.95 Å². The lowest BCUT2D eigenvalue weighted by Gasteiger charge is -2.29. The molecule has 3 heterocycles.